The second-order valence-corrected chi connectivity index (χ2v) is 20.1. The molecular weight excluding hydrogens is 773 g/mol. The lowest BCUT2D eigenvalue weighted by Crippen LogP contribution is -2.17. The van der Waals surface area contributed by atoms with Gasteiger partial charge in [0.1, 0.15) is 0 Å². The maximum absolute atomic E-state index is 2.44. The van der Waals surface area contributed by atoms with Gasteiger partial charge >= 0.3 is 0 Å². The first-order valence-electron chi connectivity index (χ1n) is 22.8. The van der Waals surface area contributed by atoms with Gasteiger partial charge in [-0.05, 0) is 164 Å². The molecule has 10 rings (SSSR count). The molecule has 316 valence electrons. The van der Waals surface area contributed by atoms with Crippen molar-refractivity contribution in [3.63, 3.8) is 0 Å². The van der Waals surface area contributed by atoms with Gasteiger partial charge in [-0.2, -0.15) is 0 Å². The summed E-state index contributed by atoms with van der Waals surface area (Å²) < 4.78 is 0. The van der Waals surface area contributed by atoms with Gasteiger partial charge < -0.3 is 9.80 Å². The molecule has 8 aromatic rings. The number of anilines is 6. The van der Waals surface area contributed by atoms with Crippen molar-refractivity contribution >= 4 is 46.3 Å². The van der Waals surface area contributed by atoms with Gasteiger partial charge in [-0.3, -0.25) is 0 Å². The number of hydrogen-bond donors (Lipinski definition) is 0. The molecule has 0 amide bonds. The second kappa shape index (κ2) is 15.4. The minimum Gasteiger partial charge on any atom is -0.310 e. The van der Waals surface area contributed by atoms with Crippen LogP contribution in [-0.4, -0.2) is 0 Å². The van der Waals surface area contributed by atoms with Crippen molar-refractivity contribution in [3.8, 4) is 22.3 Å². The van der Waals surface area contributed by atoms with E-state index in [9.17, 15) is 0 Å². The Morgan fingerprint density at radius 3 is 1.14 bits per heavy atom. The van der Waals surface area contributed by atoms with Gasteiger partial charge in [0.05, 0.1) is 0 Å². The molecule has 0 fully saturated rings. The fourth-order valence-electron chi connectivity index (χ4n) is 10.4. The van der Waals surface area contributed by atoms with Crippen LogP contribution in [0.2, 0.25) is 0 Å². The van der Waals surface area contributed by atoms with Crippen LogP contribution in [-0.2, 0) is 16.2 Å². The highest BCUT2D eigenvalue weighted by Gasteiger charge is 2.38. The van der Waals surface area contributed by atoms with Gasteiger partial charge in [0.25, 0.3) is 0 Å². The number of aryl methyl sites for hydroxylation is 2. The zero-order valence-corrected chi connectivity index (χ0v) is 38.8. The lowest BCUT2D eigenvalue weighted by Gasteiger charge is -2.29. The van der Waals surface area contributed by atoms with E-state index in [2.05, 4.69) is 260 Å². The topological polar surface area (TPSA) is 6.48 Å². The highest BCUT2D eigenvalue weighted by atomic mass is 15.1. The smallest absolute Gasteiger partial charge is 0.0466 e. The third-order valence-corrected chi connectivity index (χ3v) is 13.8. The highest BCUT2D eigenvalue weighted by molar-refractivity contribution is 5.89. The second-order valence-electron chi connectivity index (χ2n) is 20.1. The molecule has 2 heteroatoms. The molecule has 0 N–H and O–H groups in total. The van der Waals surface area contributed by atoms with Crippen LogP contribution in [0, 0.1) is 13.8 Å². The van der Waals surface area contributed by atoms with Gasteiger partial charge in [0.15, 0.2) is 0 Å². The number of rotatable bonds is 8. The number of nitrogens with zero attached hydrogens (tertiary/aromatic N) is 2. The summed E-state index contributed by atoms with van der Waals surface area (Å²) in [6.45, 7) is 20.7. The van der Waals surface area contributed by atoms with Crippen LogP contribution in [0.25, 0.3) is 34.4 Å². The van der Waals surface area contributed by atoms with Gasteiger partial charge in [-0.15, -0.1) is 0 Å². The molecule has 0 aromatic heterocycles. The quantitative estimate of drug-likeness (QED) is 0.141. The highest BCUT2D eigenvalue weighted by Crippen LogP contribution is 2.53. The van der Waals surface area contributed by atoms with Gasteiger partial charge in [-0.25, -0.2) is 0 Å². The molecule has 2 aliphatic rings. The molecule has 0 saturated heterocycles. The predicted molar refractivity (Wildman–Crippen MR) is 274 cm³/mol. The summed E-state index contributed by atoms with van der Waals surface area (Å²) >= 11 is 0. The number of fused-ring (bicyclic) bond motifs is 6. The van der Waals surface area contributed by atoms with E-state index in [0.717, 1.165) is 11.4 Å². The third-order valence-electron chi connectivity index (χ3n) is 13.8. The van der Waals surface area contributed by atoms with Crippen LogP contribution in [0.4, 0.5) is 34.1 Å². The van der Waals surface area contributed by atoms with E-state index in [0.29, 0.717) is 0 Å². The summed E-state index contributed by atoms with van der Waals surface area (Å²) in [7, 11) is 0. The van der Waals surface area contributed by atoms with Gasteiger partial charge in [0, 0.05) is 45.0 Å². The molecule has 0 heterocycles. The molecule has 2 aliphatic carbocycles. The molecule has 0 saturated carbocycles. The molecule has 2 nitrogen and oxygen atoms in total. The minimum atomic E-state index is -0.173. The summed E-state index contributed by atoms with van der Waals surface area (Å²) in [5.74, 6) is 0. The van der Waals surface area contributed by atoms with E-state index in [1.165, 1.54) is 95.1 Å². The Morgan fingerprint density at radius 1 is 0.359 bits per heavy atom. The fourth-order valence-corrected chi connectivity index (χ4v) is 10.4. The number of hydrogen-bond acceptors (Lipinski definition) is 2. The van der Waals surface area contributed by atoms with Crippen molar-refractivity contribution in [2.45, 2.75) is 78.6 Å². The third kappa shape index (κ3) is 7.16. The first kappa shape index (κ1) is 41.1. The average molecular weight is 831 g/mol. The largest absolute Gasteiger partial charge is 0.310 e. The molecular formula is C62H58N2. The van der Waals surface area contributed by atoms with E-state index in [1.54, 1.807) is 0 Å². The molecule has 0 atom stereocenters. The molecule has 0 aliphatic heterocycles. The van der Waals surface area contributed by atoms with Crippen LogP contribution in [0.3, 0.4) is 0 Å². The molecule has 8 aromatic carbocycles. The Hall–Kier alpha value is -6.90. The maximum atomic E-state index is 2.44. The minimum absolute atomic E-state index is 0.0890. The van der Waals surface area contributed by atoms with Crippen LogP contribution in [0.5, 0.6) is 0 Å². The Balaban J connectivity index is 0.944. The Kier molecular flexibility index (Phi) is 9.91. The SMILES string of the molecule is Cc1cc(C)cc(N(c2ccc(C(C)(C)C)cc2)c2ccc3c(c2)C(C)(C)c2cc(/C=C/c4ccc5c(c4)C(C)(C)c4cc(N(c6ccccc6)c6ccccc6)ccc4-5)ccc2-3)c1. The molecule has 0 spiro atoms. The normalized spacial score (nSPS) is 14.2. The van der Waals surface area contributed by atoms with E-state index >= 15 is 0 Å². The monoisotopic (exact) mass is 830 g/mol. The molecule has 64 heavy (non-hydrogen) atoms. The van der Waals surface area contributed by atoms with Crippen LogP contribution in [0.15, 0.2) is 176 Å². The van der Waals surface area contributed by atoms with E-state index in [-0.39, 0.29) is 16.2 Å². The standard InChI is InChI=1S/C62H58N2/c1-41-34-42(2)36-51(35-41)64(48-26-24-45(25-27-48)60(3,4)5)50-29-33-55-53-31-23-44(38-57(53)62(8,9)59(55)40-50)21-20-43-22-30-52-54-32-28-49(39-58(54)61(6,7)56(52)37-43)63(46-16-12-10-13-17-46)47-18-14-11-15-19-47/h10-40H,1-9H3/b21-20+. The van der Waals surface area contributed by atoms with Crippen molar-refractivity contribution < 1.29 is 0 Å². The number of para-hydroxylation sites is 2. The fraction of sp³-hybridized carbons (Fsp3) is 0.194. The number of benzene rings is 8. The van der Waals surface area contributed by atoms with Gasteiger partial charge in [-0.1, -0.05) is 164 Å². The average Bonchev–Trinajstić information content (AvgIpc) is 3.64. The zero-order chi connectivity index (χ0) is 44.5. The lowest BCUT2D eigenvalue weighted by atomic mass is 9.81. The summed E-state index contributed by atoms with van der Waals surface area (Å²) in [5.41, 5.74) is 23.8. The summed E-state index contributed by atoms with van der Waals surface area (Å²) in [6.07, 6.45) is 4.58. The Morgan fingerprint density at radius 2 is 0.719 bits per heavy atom. The van der Waals surface area contributed by atoms with E-state index in [4.69, 9.17) is 0 Å². The van der Waals surface area contributed by atoms with Crippen LogP contribution < -0.4 is 9.80 Å². The van der Waals surface area contributed by atoms with Crippen molar-refractivity contribution in [2.75, 3.05) is 9.80 Å². The van der Waals surface area contributed by atoms with Crippen molar-refractivity contribution in [3.05, 3.63) is 226 Å². The lowest BCUT2D eigenvalue weighted by molar-refractivity contribution is 0.590. The summed E-state index contributed by atoms with van der Waals surface area (Å²) in [4.78, 5) is 4.79. The summed E-state index contributed by atoms with van der Waals surface area (Å²) in [5, 5.41) is 0. The molecule has 0 unspecified atom stereocenters. The molecule has 0 bridgehead atoms. The van der Waals surface area contributed by atoms with Crippen molar-refractivity contribution in [1.29, 1.82) is 0 Å². The first-order chi connectivity index (χ1) is 30.7. The first-order valence-corrected chi connectivity index (χ1v) is 22.8. The van der Waals surface area contributed by atoms with Gasteiger partial charge in [0.2, 0.25) is 0 Å². The Labute approximate surface area is 381 Å². The Bertz CT molecular complexity index is 3030. The maximum Gasteiger partial charge on any atom is 0.0466 e. The van der Waals surface area contributed by atoms with Crippen molar-refractivity contribution in [2.24, 2.45) is 0 Å². The predicted octanol–water partition coefficient (Wildman–Crippen LogP) is 17.3. The van der Waals surface area contributed by atoms with Crippen molar-refractivity contribution in [1.82, 2.24) is 0 Å². The molecule has 0 radical (unpaired) electrons. The summed E-state index contributed by atoms with van der Waals surface area (Å²) in [6, 6.07) is 65.5. The van der Waals surface area contributed by atoms with E-state index in [1.807, 2.05) is 0 Å². The van der Waals surface area contributed by atoms with E-state index < -0.39 is 0 Å². The van der Waals surface area contributed by atoms with Crippen LogP contribution >= 0.6 is 0 Å². The zero-order valence-electron chi connectivity index (χ0n) is 38.8. The van der Waals surface area contributed by atoms with Crippen LogP contribution in [0.1, 0.15) is 98.5 Å².